The molecule has 0 saturated heterocycles. The number of pyridine rings is 2. The van der Waals surface area contributed by atoms with Gasteiger partial charge in [-0.2, -0.15) is 0 Å². The molecule has 52 heavy (non-hydrogen) atoms. The molecule has 8 aromatic rings. The summed E-state index contributed by atoms with van der Waals surface area (Å²) in [4.78, 5) is 9.04. The number of fused-ring (bicyclic) bond motifs is 7. The zero-order valence-electron chi connectivity index (χ0n) is 36.6. The predicted octanol–water partition coefficient (Wildman–Crippen LogP) is 13.3. The minimum Gasteiger partial charge on any atom is -0.500 e. The van der Waals surface area contributed by atoms with E-state index in [0.29, 0.717) is 40.8 Å². The van der Waals surface area contributed by atoms with E-state index in [1.807, 2.05) is 48.7 Å². The van der Waals surface area contributed by atoms with E-state index in [9.17, 15) is 1.37 Å². The monoisotopic (exact) mass is 864 g/mol. The summed E-state index contributed by atoms with van der Waals surface area (Å²) >= 11 is 0. The van der Waals surface area contributed by atoms with Gasteiger partial charge in [0.25, 0.3) is 0 Å². The first-order valence-electron chi connectivity index (χ1n) is 21.2. The van der Waals surface area contributed by atoms with Crippen LogP contribution in [0, 0.1) is 25.8 Å². The molecule has 3 nitrogen and oxygen atoms in total. The molecule has 3 heterocycles. The van der Waals surface area contributed by atoms with Crippen molar-refractivity contribution in [3.63, 3.8) is 0 Å². The molecule has 3 aromatic heterocycles. The van der Waals surface area contributed by atoms with E-state index in [-0.39, 0.29) is 31.1 Å². The maximum Gasteiger partial charge on any atom is 0.129 e. The summed E-state index contributed by atoms with van der Waals surface area (Å²) in [5.41, 5.74) is 6.63. The van der Waals surface area contributed by atoms with Gasteiger partial charge >= 0.3 is 0 Å². The summed E-state index contributed by atoms with van der Waals surface area (Å²) in [6.45, 7) is 2.00. The van der Waals surface area contributed by atoms with Gasteiger partial charge in [-0.25, -0.2) is 0 Å². The van der Waals surface area contributed by atoms with Crippen molar-refractivity contribution in [2.24, 2.45) is 0 Å². The van der Waals surface area contributed by atoms with Crippen LogP contribution in [0.5, 0.6) is 0 Å². The number of hydrogen-bond donors (Lipinski definition) is 0. The quantitative estimate of drug-likeness (QED) is 0.131. The van der Waals surface area contributed by atoms with Gasteiger partial charge in [0, 0.05) is 52.9 Å². The van der Waals surface area contributed by atoms with Gasteiger partial charge in [-0.05, 0) is 75.2 Å². The summed E-state index contributed by atoms with van der Waals surface area (Å²) in [6.07, 6.45) is 7.54. The molecule has 263 valence electrons. The first-order valence-corrected chi connectivity index (χ1v) is 17.7. The number of rotatable bonds is 3. The van der Waals surface area contributed by atoms with E-state index in [2.05, 4.69) is 79.3 Å². The topological polar surface area (TPSA) is 38.9 Å². The van der Waals surface area contributed by atoms with Crippen molar-refractivity contribution in [3.8, 4) is 22.5 Å². The molecule has 5 aromatic carbocycles. The van der Waals surface area contributed by atoms with Crippen molar-refractivity contribution in [2.45, 2.75) is 77.9 Å². The maximum atomic E-state index is 9.25. The Bertz CT molecular complexity index is 2720. The van der Waals surface area contributed by atoms with Crippen molar-refractivity contribution < 1.29 is 34.1 Å². The molecule has 0 atom stereocenters. The maximum absolute atomic E-state index is 9.25. The van der Waals surface area contributed by atoms with Gasteiger partial charge in [0.2, 0.25) is 0 Å². The average Bonchev–Trinajstić information content (AvgIpc) is 3.59. The minimum absolute atomic E-state index is 0. The second kappa shape index (κ2) is 14.8. The van der Waals surface area contributed by atoms with Gasteiger partial charge in [-0.3, -0.25) is 0 Å². The molecule has 0 aliphatic heterocycles. The first-order chi connectivity index (χ1) is 27.5. The molecular formula is C48H44IrN2O-2. The van der Waals surface area contributed by atoms with Crippen molar-refractivity contribution >= 4 is 43.5 Å². The number of hydrogen-bond acceptors (Lipinski definition) is 3. The number of nitrogens with zero attached hydrogens (tertiary/aromatic N) is 2. The van der Waals surface area contributed by atoms with Gasteiger partial charge < -0.3 is 14.4 Å². The summed E-state index contributed by atoms with van der Waals surface area (Å²) in [6, 6.07) is 37.7. The molecule has 1 radical (unpaired) electrons. The molecule has 0 amide bonds. The zero-order valence-corrected chi connectivity index (χ0v) is 32.0. The standard InChI is InChI=1S/C32H26NO.C16H18N.Ir/c1-20-19-33-29(18-28(20)21-8-3-2-4-9-21)27-13-7-12-25-26-17-16-23-15-14-22-10-5-6-11-24(22)30(23)32(26)34-31(25)27;1-12-5-7-13(8-6-12)15-10-9-14(11-17-15)16(2,3)4;/h5-7,10-12,14-19,21H,2-4,8-9H2,1H3;5-7,9-11H,1-4H3;/q2*-1;/i1D3,21D;1D3;. The third-order valence-electron chi connectivity index (χ3n) is 10.0. The molecule has 0 unspecified atom stereocenters. The first kappa shape index (κ1) is 27.9. The van der Waals surface area contributed by atoms with Gasteiger partial charge in [-0.15, -0.1) is 53.6 Å². The van der Waals surface area contributed by atoms with E-state index in [1.165, 1.54) is 17.8 Å². The van der Waals surface area contributed by atoms with E-state index in [1.54, 1.807) is 12.1 Å². The molecule has 1 saturated carbocycles. The van der Waals surface area contributed by atoms with Crippen molar-refractivity contribution in [1.29, 1.82) is 0 Å². The van der Waals surface area contributed by atoms with Crippen LogP contribution in [0.1, 0.15) is 90.6 Å². The SMILES string of the molecule is [2H]C([2H])([2H])c1c[c-]c(-c2ccc(C(C)(C)C)cn2)cc1.[2H]C([2H])([2H])c1cnc(-c2[c-]ccc3c2oc2c3ccc3ccc4ccccc4c32)cc1C1([2H])CCCCC1.[Ir]. The summed E-state index contributed by atoms with van der Waals surface area (Å²) in [5.74, 6) is -0.934. The van der Waals surface area contributed by atoms with Crippen LogP contribution in [0.2, 0.25) is 0 Å². The number of benzene rings is 5. The zero-order chi connectivity index (χ0) is 41.0. The van der Waals surface area contributed by atoms with Crippen LogP contribution >= 0.6 is 0 Å². The van der Waals surface area contributed by atoms with E-state index >= 15 is 0 Å². The molecule has 0 N–H and O–H groups in total. The van der Waals surface area contributed by atoms with Crippen LogP contribution in [0.3, 0.4) is 0 Å². The molecule has 0 bridgehead atoms. The van der Waals surface area contributed by atoms with Crippen molar-refractivity contribution in [1.82, 2.24) is 9.97 Å². The molecule has 1 aliphatic rings. The second-order valence-electron chi connectivity index (χ2n) is 14.5. The smallest absolute Gasteiger partial charge is 0.129 e. The number of furan rings is 1. The van der Waals surface area contributed by atoms with Crippen LogP contribution in [0.15, 0.2) is 114 Å². The third kappa shape index (κ3) is 6.95. The number of aromatic nitrogens is 2. The Morgan fingerprint density at radius 1 is 0.750 bits per heavy atom. The van der Waals surface area contributed by atoms with E-state index in [4.69, 9.17) is 12.6 Å². The summed E-state index contributed by atoms with van der Waals surface area (Å²) < 4.78 is 62.3. The second-order valence-corrected chi connectivity index (χ2v) is 14.5. The van der Waals surface area contributed by atoms with Crippen LogP contribution in [0.4, 0.5) is 0 Å². The van der Waals surface area contributed by atoms with Crippen LogP contribution in [-0.2, 0) is 25.5 Å². The predicted molar refractivity (Wildman–Crippen MR) is 213 cm³/mol. The normalized spacial score (nSPS) is 16.7. The van der Waals surface area contributed by atoms with Gasteiger partial charge in [-0.1, -0.05) is 125 Å². The minimum atomic E-state index is -2.33. The van der Waals surface area contributed by atoms with Crippen molar-refractivity contribution in [3.05, 3.63) is 144 Å². The fourth-order valence-electron chi connectivity index (χ4n) is 7.19. The Labute approximate surface area is 330 Å². The Balaban J connectivity index is 0.000000214. The largest absolute Gasteiger partial charge is 0.500 e. The van der Waals surface area contributed by atoms with Gasteiger partial charge in [0.05, 0.1) is 5.58 Å². The van der Waals surface area contributed by atoms with Gasteiger partial charge in [0.15, 0.2) is 0 Å². The Morgan fingerprint density at radius 2 is 1.54 bits per heavy atom. The van der Waals surface area contributed by atoms with Crippen molar-refractivity contribution in [2.75, 3.05) is 0 Å². The fraction of sp³-hybridized carbons (Fsp3) is 0.250. The number of aryl methyl sites for hydroxylation is 2. The summed E-state index contributed by atoms with van der Waals surface area (Å²) in [7, 11) is 0. The Hall–Kier alpha value is -4.63. The van der Waals surface area contributed by atoms with Crippen LogP contribution < -0.4 is 0 Å². The van der Waals surface area contributed by atoms with Crippen LogP contribution in [0.25, 0.3) is 66.0 Å². The Kier molecular flexibility index (Phi) is 7.94. The molecule has 1 fully saturated rings. The fourth-order valence-corrected chi connectivity index (χ4v) is 7.19. The molecule has 0 spiro atoms. The molecule has 1 aliphatic carbocycles. The van der Waals surface area contributed by atoms with E-state index in [0.717, 1.165) is 68.4 Å². The molecule has 9 rings (SSSR count). The van der Waals surface area contributed by atoms with Crippen LogP contribution in [-0.4, -0.2) is 9.97 Å². The third-order valence-corrected chi connectivity index (χ3v) is 10.0. The summed E-state index contributed by atoms with van der Waals surface area (Å²) in [5, 5.41) is 6.45. The molecule has 4 heteroatoms. The van der Waals surface area contributed by atoms with E-state index < -0.39 is 19.6 Å². The molecular weight excluding hydrogens is 813 g/mol. The average molecular weight is 864 g/mol. The Morgan fingerprint density at radius 3 is 2.29 bits per heavy atom. The van der Waals surface area contributed by atoms with Gasteiger partial charge in [0.1, 0.15) is 5.58 Å².